The first-order valence-electron chi connectivity index (χ1n) is 7.62. The van der Waals surface area contributed by atoms with Gasteiger partial charge in [0.15, 0.2) is 0 Å². The second-order valence-electron chi connectivity index (χ2n) is 6.18. The molecule has 19 heavy (non-hydrogen) atoms. The Morgan fingerprint density at radius 1 is 1.26 bits per heavy atom. The fourth-order valence-electron chi connectivity index (χ4n) is 3.10. The number of amides is 1. The van der Waals surface area contributed by atoms with Gasteiger partial charge in [-0.15, -0.1) is 0 Å². The highest BCUT2D eigenvalue weighted by Crippen LogP contribution is 2.32. The van der Waals surface area contributed by atoms with Crippen molar-refractivity contribution in [3.63, 3.8) is 0 Å². The van der Waals surface area contributed by atoms with Crippen molar-refractivity contribution in [3.8, 4) is 0 Å². The Hall–Kier alpha value is -1.31. The van der Waals surface area contributed by atoms with Crippen LogP contribution in [0.15, 0.2) is 18.2 Å². The molecular formula is C17H23NO. The maximum absolute atomic E-state index is 12.0. The number of nitrogens with one attached hydrogen (secondary N) is 1. The first-order chi connectivity index (χ1) is 9.22. The minimum Gasteiger partial charge on any atom is -0.353 e. The van der Waals surface area contributed by atoms with Gasteiger partial charge in [0.1, 0.15) is 0 Å². The van der Waals surface area contributed by atoms with Crippen molar-refractivity contribution in [2.24, 2.45) is 5.92 Å². The zero-order chi connectivity index (χ0) is 13.2. The third-order valence-corrected chi connectivity index (χ3v) is 4.50. The third kappa shape index (κ3) is 3.17. The zero-order valence-electron chi connectivity index (χ0n) is 11.7. The molecule has 3 rings (SSSR count). The number of carbonyl (C=O) groups excluding carboxylic acids is 1. The van der Waals surface area contributed by atoms with E-state index in [9.17, 15) is 4.79 Å². The number of carbonyl (C=O) groups is 1. The number of benzene rings is 1. The summed E-state index contributed by atoms with van der Waals surface area (Å²) in [5, 5.41) is 3.13. The number of hydrogen-bond acceptors (Lipinski definition) is 1. The number of aryl methyl sites for hydroxylation is 2. The van der Waals surface area contributed by atoms with Gasteiger partial charge in [-0.05, 0) is 68.1 Å². The Labute approximate surface area is 115 Å². The highest BCUT2D eigenvalue weighted by atomic mass is 16.1. The molecule has 2 heteroatoms. The second kappa shape index (κ2) is 5.36. The molecule has 1 saturated carbocycles. The van der Waals surface area contributed by atoms with Crippen LogP contribution in [0.4, 0.5) is 0 Å². The summed E-state index contributed by atoms with van der Waals surface area (Å²) >= 11 is 0. The molecule has 0 saturated heterocycles. The smallest absolute Gasteiger partial charge is 0.224 e. The van der Waals surface area contributed by atoms with Gasteiger partial charge in [-0.25, -0.2) is 0 Å². The lowest BCUT2D eigenvalue weighted by Crippen LogP contribution is -2.35. The van der Waals surface area contributed by atoms with E-state index >= 15 is 0 Å². The van der Waals surface area contributed by atoms with E-state index in [0.29, 0.717) is 12.5 Å². The van der Waals surface area contributed by atoms with Crippen molar-refractivity contribution in [2.75, 3.05) is 0 Å². The minimum atomic E-state index is 0.176. The molecule has 102 valence electrons. The molecule has 1 aromatic rings. The molecule has 1 amide bonds. The van der Waals surface area contributed by atoms with Crippen molar-refractivity contribution < 1.29 is 4.79 Å². The number of hydrogen-bond donors (Lipinski definition) is 1. The molecule has 0 bridgehead atoms. The van der Waals surface area contributed by atoms with Crippen LogP contribution in [-0.4, -0.2) is 11.9 Å². The van der Waals surface area contributed by atoms with Gasteiger partial charge >= 0.3 is 0 Å². The largest absolute Gasteiger partial charge is 0.353 e. The van der Waals surface area contributed by atoms with Crippen LogP contribution in [-0.2, 0) is 24.1 Å². The summed E-state index contributed by atoms with van der Waals surface area (Å²) in [4.78, 5) is 12.0. The Morgan fingerprint density at radius 3 is 2.74 bits per heavy atom. The van der Waals surface area contributed by atoms with Crippen molar-refractivity contribution in [1.29, 1.82) is 0 Å². The monoisotopic (exact) mass is 257 g/mol. The van der Waals surface area contributed by atoms with Gasteiger partial charge in [0.2, 0.25) is 5.91 Å². The van der Waals surface area contributed by atoms with Crippen LogP contribution < -0.4 is 5.32 Å². The van der Waals surface area contributed by atoms with Crippen LogP contribution >= 0.6 is 0 Å². The predicted octanol–water partition coefficient (Wildman–Crippen LogP) is 3.02. The molecule has 0 spiro atoms. The van der Waals surface area contributed by atoms with Crippen molar-refractivity contribution in [3.05, 3.63) is 34.9 Å². The zero-order valence-corrected chi connectivity index (χ0v) is 11.7. The molecule has 0 radical (unpaired) electrons. The van der Waals surface area contributed by atoms with Gasteiger partial charge < -0.3 is 5.32 Å². The lowest BCUT2D eigenvalue weighted by molar-refractivity contribution is -0.121. The van der Waals surface area contributed by atoms with Gasteiger partial charge in [0.05, 0.1) is 6.42 Å². The van der Waals surface area contributed by atoms with E-state index < -0.39 is 0 Å². The Balaban J connectivity index is 1.60. The normalized spacial score (nSPS) is 19.6. The first kappa shape index (κ1) is 12.7. The maximum Gasteiger partial charge on any atom is 0.224 e. The summed E-state index contributed by atoms with van der Waals surface area (Å²) < 4.78 is 0. The predicted molar refractivity (Wildman–Crippen MR) is 77.1 cm³/mol. The standard InChI is InChI=1S/C17H23NO/c1-12(14-8-9-14)18-17(19)11-13-6-7-15-4-2-3-5-16(15)10-13/h6-7,10,12,14H,2-5,8-9,11H2,1H3,(H,18,19). The Morgan fingerprint density at radius 2 is 2.00 bits per heavy atom. The summed E-state index contributed by atoms with van der Waals surface area (Å²) in [5.74, 6) is 0.905. The average molecular weight is 257 g/mol. The van der Waals surface area contributed by atoms with Crippen LogP contribution in [0.2, 0.25) is 0 Å². The topological polar surface area (TPSA) is 29.1 Å². The lowest BCUT2D eigenvalue weighted by Gasteiger charge is -2.17. The molecule has 1 fully saturated rings. The van der Waals surface area contributed by atoms with Gasteiger partial charge in [-0.1, -0.05) is 18.2 Å². The molecule has 0 heterocycles. The van der Waals surface area contributed by atoms with E-state index in [0.717, 1.165) is 5.92 Å². The molecule has 2 aliphatic carbocycles. The summed E-state index contributed by atoms with van der Waals surface area (Å²) in [7, 11) is 0. The van der Waals surface area contributed by atoms with E-state index in [4.69, 9.17) is 0 Å². The van der Waals surface area contributed by atoms with Crippen LogP contribution in [0.5, 0.6) is 0 Å². The van der Waals surface area contributed by atoms with Crippen LogP contribution in [0.1, 0.15) is 49.3 Å². The van der Waals surface area contributed by atoms with Crippen molar-refractivity contribution in [2.45, 2.75) is 57.9 Å². The Bertz CT molecular complexity index is 476. The Kier molecular flexibility index (Phi) is 3.58. The molecule has 0 aliphatic heterocycles. The average Bonchev–Trinajstić information content (AvgIpc) is 3.22. The second-order valence-corrected chi connectivity index (χ2v) is 6.18. The fourth-order valence-corrected chi connectivity index (χ4v) is 3.10. The van der Waals surface area contributed by atoms with E-state index in [1.807, 2.05) is 0 Å². The van der Waals surface area contributed by atoms with E-state index in [2.05, 4.69) is 30.4 Å². The van der Waals surface area contributed by atoms with Gasteiger partial charge in [0.25, 0.3) is 0 Å². The molecule has 1 atom stereocenters. The molecule has 2 aliphatic rings. The molecule has 1 N–H and O–H groups in total. The summed E-state index contributed by atoms with van der Waals surface area (Å²) in [5.41, 5.74) is 4.12. The number of fused-ring (bicyclic) bond motifs is 1. The molecule has 1 unspecified atom stereocenters. The highest BCUT2D eigenvalue weighted by molar-refractivity contribution is 5.79. The maximum atomic E-state index is 12.0. The van der Waals surface area contributed by atoms with Crippen LogP contribution in [0.3, 0.4) is 0 Å². The molecule has 1 aromatic carbocycles. The molecular weight excluding hydrogens is 234 g/mol. The van der Waals surface area contributed by atoms with Gasteiger partial charge in [-0.3, -0.25) is 4.79 Å². The van der Waals surface area contributed by atoms with Gasteiger partial charge in [-0.2, -0.15) is 0 Å². The lowest BCUT2D eigenvalue weighted by atomic mass is 9.90. The minimum absolute atomic E-state index is 0.176. The highest BCUT2D eigenvalue weighted by Gasteiger charge is 2.28. The number of rotatable bonds is 4. The van der Waals surface area contributed by atoms with E-state index in [1.165, 1.54) is 55.2 Å². The van der Waals surface area contributed by atoms with Crippen molar-refractivity contribution >= 4 is 5.91 Å². The first-order valence-corrected chi connectivity index (χ1v) is 7.62. The SMILES string of the molecule is CC(NC(=O)Cc1ccc2c(c1)CCCC2)C1CC1. The van der Waals surface area contributed by atoms with E-state index in [-0.39, 0.29) is 5.91 Å². The summed E-state index contributed by atoms with van der Waals surface area (Å²) in [6, 6.07) is 6.95. The summed E-state index contributed by atoms with van der Waals surface area (Å²) in [6.45, 7) is 2.13. The fraction of sp³-hybridized carbons (Fsp3) is 0.588. The van der Waals surface area contributed by atoms with Crippen molar-refractivity contribution in [1.82, 2.24) is 5.32 Å². The van der Waals surface area contributed by atoms with Crippen LogP contribution in [0, 0.1) is 5.92 Å². The van der Waals surface area contributed by atoms with Gasteiger partial charge in [0, 0.05) is 6.04 Å². The summed E-state index contributed by atoms with van der Waals surface area (Å²) in [6.07, 6.45) is 8.09. The van der Waals surface area contributed by atoms with E-state index in [1.54, 1.807) is 0 Å². The quantitative estimate of drug-likeness (QED) is 0.882. The third-order valence-electron chi connectivity index (χ3n) is 4.50. The molecule has 2 nitrogen and oxygen atoms in total. The van der Waals surface area contributed by atoms with Crippen LogP contribution in [0.25, 0.3) is 0 Å². The molecule has 0 aromatic heterocycles.